The summed E-state index contributed by atoms with van der Waals surface area (Å²) < 4.78 is 0. The maximum atomic E-state index is 11.9. The second kappa shape index (κ2) is 8.99. The molecule has 0 aliphatic rings. The molecule has 0 radical (unpaired) electrons. The minimum absolute atomic E-state index is 0.0591. The number of rotatable bonds is 8. The molecule has 0 saturated heterocycles. The minimum atomic E-state index is -1.22. The first-order chi connectivity index (χ1) is 10.4. The molecule has 118 valence electrons. The average Bonchev–Trinajstić information content (AvgIpc) is 2.49. The van der Waals surface area contributed by atoms with E-state index in [2.05, 4.69) is 5.32 Å². The van der Waals surface area contributed by atoms with E-state index in [-0.39, 0.29) is 29.5 Å². The fourth-order valence-electron chi connectivity index (χ4n) is 1.55. The highest BCUT2D eigenvalue weighted by Gasteiger charge is 2.21. The van der Waals surface area contributed by atoms with Gasteiger partial charge in [-0.25, -0.2) is 4.79 Å². The molecule has 22 heavy (non-hydrogen) atoms. The molecular formula is C15H17NO5S. The molecule has 0 fully saturated rings. The molecule has 0 aliphatic carbocycles. The predicted molar refractivity (Wildman–Crippen MR) is 82.7 cm³/mol. The van der Waals surface area contributed by atoms with Gasteiger partial charge in [-0.3, -0.25) is 9.59 Å². The van der Waals surface area contributed by atoms with E-state index in [1.54, 1.807) is 30.3 Å². The molecule has 2 N–H and O–H groups in total. The molecule has 1 atom stereocenters. The number of hydrogen-bond acceptors (Lipinski definition) is 5. The lowest BCUT2D eigenvalue weighted by Crippen LogP contribution is -2.42. The highest BCUT2D eigenvalue weighted by Crippen LogP contribution is 2.13. The average molecular weight is 323 g/mol. The van der Waals surface area contributed by atoms with Gasteiger partial charge in [-0.1, -0.05) is 42.1 Å². The van der Waals surface area contributed by atoms with Crippen molar-refractivity contribution < 1.29 is 24.3 Å². The van der Waals surface area contributed by atoms with Gasteiger partial charge < -0.3 is 15.2 Å². The van der Waals surface area contributed by atoms with Crippen molar-refractivity contribution in [2.24, 2.45) is 0 Å². The standard InChI is InChI=1S/C15H17NO5S/c1-10(17)7-8-13(18)16-12(14(19)20)9-22-15(21)11-5-3-2-4-6-11/h2-6,12H,7-9H2,1H3,(H,16,18)(H,19,20). The largest absolute Gasteiger partial charge is 0.480 e. The van der Waals surface area contributed by atoms with Crippen LogP contribution in [0.4, 0.5) is 0 Å². The lowest BCUT2D eigenvalue weighted by atomic mass is 10.2. The van der Waals surface area contributed by atoms with Crippen LogP contribution in [-0.2, 0) is 14.4 Å². The number of nitrogens with one attached hydrogen (secondary N) is 1. The van der Waals surface area contributed by atoms with E-state index in [0.29, 0.717) is 5.56 Å². The molecule has 0 heterocycles. The molecule has 1 unspecified atom stereocenters. The van der Waals surface area contributed by atoms with Crippen LogP contribution >= 0.6 is 11.8 Å². The number of ketones is 1. The summed E-state index contributed by atoms with van der Waals surface area (Å²) in [5.74, 6) is -1.95. The fourth-order valence-corrected chi connectivity index (χ4v) is 2.39. The number of thioether (sulfide) groups is 1. The molecule has 6 nitrogen and oxygen atoms in total. The normalized spacial score (nSPS) is 11.5. The van der Waals surface area contributed by atoms with Gasteiger partial charge in [0, 0.05) is 24.2 Å². The van der Waals surface area contributed by atoms with Crippen LogP contribution in [-0.4, -0.2) is 39.7 Å². The van der Waals surface area contributed by atoms with E-state index in [4.69, 9.17) is 5.11 Å². The summed E-state index contributed by atoms with van der Waals surface area (Å²) in [7, 11) is 0. The maximum absolute atomic E-state index is 11.9. The van der Waals surface area contributed by atoms with Crippen LogP contribution in [0.25, 0.3) is 0 Å². The summed E-state index contributed by atoms with van der Waals surface area (Å²) in [4.78, 5) is 45.4. The smallest absolute Gasteiger partial charge is 0.327 e. The molecule has 0 bridgehead atoms. The number of carbonyl (C=O) groups is 4. The van der Waals surface area contributed by atoms with E-state index in [1.807, 2.05) is 0 Å². The van der Waals surface area contributed by atoms with E-state index in [9.17, 15) is 19.2 Å². The van der Waals surface area contributed by atoms with Crippen LogP contribution in [0.5, 0.6) is 0 Å². The quantitative estimate of drug-likeness (QED) is 0.752. The van der Waals surface area contributed by atoms with Crippen molar-refractivity contribution in [1.82, 2.24) is 5.32 Å². The number of carboxylic acid groups (broad SMARTS) is 1. The van der Waals surface area contributed by atoms with Crippen LogP contribution in [0.15, 0.2) is 30.3 Å². The van der Waals surface area contributed by atoms with Crippen LogP contribution in [0.1, 0.15) is 30.1 Å². The number of Topliss-reactive ketones (excluding diaryl/α,β-unsaturated/α-hetero) is 1. The summed E-state index contributed by atoms with van der Waals surface area (Å²) >= 11 is 0.831. The number of amides is 1. The summed E-state index contributed by atoms with van der Waals surface area (Å²) in [5, 5.41) is 11.1. The highest BCUT2D eigenvalue weighted by atomic mass is 32.2. The molecule has 1 rings (SSSR count). The molecule has 1 amide bonds. The van der Waals surface area contributed by atoms with Gasteiger partial charge in [0.15, 0.2) is 0 Å². The number of hydrogen-bond donors (Lipinski definition) is 2. The Labute approximate surface area is 132 Å². The number of carbonyl (C=O) groups excluding carboxylic acids is 3. The Hall–Kier alpha value is -2.15. The number of aliphatic carboxylic acids is 1. The van der Waals surface area contributed by atoms with Crippen molar-refractivity contribution in [2.45, 2.75) is 25.8 Å². The minimum Gasteiger partial charge on any atom is -0.480 e. The zero-order chi connectivity index (χ0) is 16.5. The second-order valence-corrected chi connectivity index (χ2v) is 5.62. The first-order valence-corrected chi connectivity index (χ1v) is 7.62. The topological polar surface area (TPSA) is 101 Å². The third-order valence-electron chi connectivity index (χ3n) is 2.73. The number of benzene rings is 1. The Morgan fingerprint density at radius 3 is 2.32 bits per heavy atom. The van der Waals surface area contributed by atoms with Gasteiger partial charge in [0.25, 0.3) is 0 Å². The van der Waals surface area contributed by atoms with Crippen molar-refractivity contribution in [3.05, 3.63) is 35.9 Å². The van der Waals surface area contributed by atoms with Crippen LogP contribution in [0.2, 0.25) is 0 Å². The molecule has 0 aromatic heterocycles. The fraction of sp³-hybridized carbons (Fsp3) is 0.333. The van der Waals surface area contributed by atoms with E-state index in [1.165, 1.54) is 6.92 Å². The highest BCUT2D eigenvalue weighted by molar-refractivity contribution is 8.14. The second-order valence-electron chi connectivity index (χ2n) is 4.62. The van der Waals surface area contributed by atoms with E-state index < -0.39 is 17.9 Å². The maximum Gasteiger partial charge on any atom is 0.327 e. The Morgan fingerprint density at radius 1 is 1.14 bits per heavy atom. The Kier molecular flexibility index (Phi) is 7.31. The Balaban J connectivity index is 2.51. The van der Waals surface area contributed by atoms with Gasteiger partial charge in [0.1, 0.15) is 11.8 Å². The van der Waals surface area contributed by atoms with Crippen molar-refractivity contribution in [2.75, 3.05) is 5.75 Å². The lowest BCUT2D eigenvalue weighted by molar-refractivity contribution is -0.141. The van der Waals surface area contributed by atoms with E-state index in [0.717, 1.165) is 11.8 Å². The van der Waals surface area contributed by atoms with Gasteiger partial charge in [-0.2, -0.15) is 0 Å². The predicted octanol–water partition coefficient (Wildman–Crippen LogP) is 1.50. The molecule has 1 aromatic rings. The summed E-state index contributed by atoms with van der Waals surface area (Å²) in [5.41, 5.74) is 0.472. The van der Waals surface area contributed by atoms with Gasteiger partial charge in [-0.15, -0.1) is 0 Å². The summed E-state index contributed by atoms with van der Waals surface area (Å²) in [6.07, 6.45) is 0.00464. The van der Waals surface area contributed by atoms with Crippen LogP contribution < -0.4 is 5.32 Å². The molecular weight excluding hydrogens is 306 g/mol. The molecule has 0 aliphatic heterocycles. The lowest BCUT2D eigenvalue weighted by Gasteiger charge is -2.13. The third-order valence-corrected chi connectivity index (χ3v) is 3.73. The van der Waals surface area contributed by atoms with Gasteiger partial charge >= 0.3 is 5.97 Å². The zero-order valence-electron chi connectivity index (χ0n) is 12.1. The van der Waals surface area contributed by atoms with Crippen molar-refractivity contribution in [1.29, 1.82) is 0 Å². The SMILES string of the molecule is CC(=O)CCC(=O)NC(CSC(=O)c1ccccc1)C(=O)O. The van der Waals surface area contributed by atoms with Crippen molar-refractivity contribution in [3.63, 3.8) is 0 Å². The van der Waals surface area contributed by atoms with Crippen LogP contribution in [0, 0.1) is 0 Å². The Bertz CT molecular complexity index is 558. The molecule has 7 heteroatoms. The first kappa shape index (κ1) is 17.9. The number of carboxylic acids is 1. The summed E-state index contributed by atoms with van der Waals surface area (Å²) in [6, 6.07) is 7.30. The molecule has 0 saturated carbocycles. The molecule has 1 aromatic carbocycles. The first-order valence-electron chi connectivity index (χ1n) is 6.64. The van der Waals surface area contributed by atoms with Crippen LogP contribution in [0.3, 0.4) is 0 Å². The van der Waals surface area contributed by atoms with Gasteiger partial charge in [0.05, 0.1) is 0 Å². The van der Waals surface area contributed by atoms with E-state index >= 15 is 0 Å². The Morgan fingerprint density at radius 2 is 1.77 bits per heavy atom. The zero-order valence-corrected chi connectivity index (χ0v) is 12.9. The third kappa shape index (κ3) is 6.53. The summed E-state index contributed by atoms with van der Waals surface area (Å²) in [6.45, 7) is 1.36. The molecule has 0 spiro atoms. The van der Waals surface area contributed by atoms with Crippen molar-refractivity contribution in [3.8, 4) is 0 Å². The van der Waals surface area contributed by atoms with Gasteiger partial charge in [0.2, 0.25) is 11.0 Å². The monoisotopic (exact) mass is 323 g/mol. The van der Waals surface area contributed by atoms with Crippen molar-refractivity contribution >= 4 is 34.5 Å². The van der Waals surface area contributed by atoms with Gasteiger partial charge in [-0.05, 0) is 6.92 Å².